The lowest BCUT2D eigenvalue weighted by molar-refractivity contribution is -0.137. The van der Waals surface area contributed by atoms with E-state index in [1.807, 2.05) is 0 Å². The van der Waals surface area contributed by atoms with Crippen LogP contribution in [0.2, 0.25) is 0 Å². The van der Waals surface area contributed by atoms with E-state index in [-0.39, 0.29) is 9.26 Å². The molecule has 1 atom stereocenters. The Morgan fingerprint density at radius 2 is 1.93 bits per heavy atom. The SMILES string of the molecule is C[C@H](NC(=O)Nc1ccc(C(F)(F)F)cc1I)c1ncnn1-c1ncccn1. The predicted molar refractivity (Wildman–Crippen MR) is 102 cm³/mol. The van der Waals surface area contributed by atoms with E-state index in [0.717, 1.165) is 12.1 Å². The summed E-state index contributed by atoms with van der Waals surface area (Å²) < 4.78 is 39.9. The molecule has 0 bridgehead atoms. The molecule has 0 aliphatic carbocycles. The standard InChI is InChI=1S/C16H13F3IN7O/c1-9(13-23-8-24-27(13)14-21-5-2-6-22-14)25-15(28)26-12-4-3-10(7-11(12)20)16(17,18)19/h2-9H,1H3,(H2,25,26,28)/t9-/m0/s1. The van der Waals surface area contributed by atoms with Crippen molar-refractivity contribution in [3.8, 4) is 5.95 Å². The molecule has 0 radical (unpaired) electrons. The summed E-state index contributed by atoms with van der Waals surface area (Å²) >= 11 is 1.73. The van der Waals surface area contributed by atoms with Crippen molar-refractivity contribution in [1.29, 1.82) is 0 Å². The van der Waals surface area contributed by atoms with E-state index in [1.54, 1.807) is 48.0 Å². The Labute approximate surface area is 170 Å². The molecule has 2 heterocycles. The summed E-state index contributed by atoms with van der Waals surface area (Å²) in [6.07, 6.45) is -0.0460. The van der Waals surface area contributed by atoms with Gasteiger partial charge in [0.05, 0.1) is 17.3 Å². The van der Waals surface area contributed by atoms with E-state index in [9.17, 15) is 18.0 Å². The summed E-state index contributed by atoms with van der Waals surface area (Å²) in [5.41, 5.74) is -0.529. The first kappa shape index (κ1) is 20.0. The van der Waals surface area contributed by atoms with Gasteiger partial charge in [-0.3, -0.25) is 0 Å². The molecule has 0 saturated heterocycles. The van der Waals surface area contributed by atoms with Gasteiger partial charge in [0.15, 0.2) is 5.82 Å². The van der Waals surface area contributed by atoms with E-state index in [1.165, 1.54) is 17.1 Å². The van der Waals surface area contributed by atoms with Gasteiger partial charge in [0.1, 0.15) is 6.33 Å². The number of hydrogen-bond acceptors (Lipinski definition) is 5. The molecular formula is C16H13F3IN7O. The zero-order chi connectivity index (χ0) is 20.3. The fraction of sp³-hybridized carbons (Fsp3) is 0.188. The molecule has 2 aromatic heterocycles. The molecule has 28 heavy (non-hydrogen) atoms. The minimum absolute atomic E-state index is 0.256. The monoisotopic (exact) mass is 503 g/mol. The van der Waals surface area contributed by atoms with Crippen LogP contribution in [0, 0.1) is 3.57 Å². The highest BCUT2D eigenvalue weighted by Gasteiger charge is 2.31. The quantitative estimate of drug-likeness (QED) is 0.531. The van der Waals surface area contributed by atoms with Gasteiger partial charge in [-0.15, -0.1) is 0 Å². The number of carbonyl (C=O) groups is 1. The predicted octanol–water partition coefficient (Wildman–Crippen LogP) is 3.56. The number of nitrogens with zero attached hydrogens (tertiary/aromatic N) is 5. The van der Waals surface area contributed by atoms with Crippen LogP contribution in [0.4, 0.5) is 23.7 Å². The Morgan fingerprint density at radius 1 is 1.21 bits per heavy atom. The maximum absolute atomic E-state index is 12.7. The van der Waals surface area contributed by atoms with Crippen LogP contribution in [0.1, 0.15) is 24.4 Å². The topological polar surface area (TPSA) is 97.6 Å². The largest absolute Gasteiger partial charge is 0.416 e. The van der Waals surface area contributed by atoms with Crippen molar-refractivity contribution in [2.45, 2.75) is 19.1 Å². The van der Waals surface area contributed by atoms with Gasteiger partial charge >= 0.3 is 12.2 Å². The van der Waals surface area contributed by atoms with Crippen LogP contribution in [-0.4, -0.2) is 30.8 Å². The van der Waals surface area contributed by atoms with E-state index in [2.05, 4.69) is 30.7 Å². The maximum Gasteiger partial charge on any atom is 0.416 e. The smallest absolute Gasteiger partial charge is 0.328 e. The summed E-state index contributed by atoms with van der Waals surface area (Å²) in [6, 6.07) is 3.55. The molecule has 0 fully saturated rings. The summed E-state index contributed by atoms with van der Waals surface area (Å²) in [5.74, 6) is 0.685. The van der Waals surface area contributed by atoms with E-state index < -0.39 is 23.8 Å². The lowest BCUT2D eigenvalue weighted by Crippen LogP contribution is -2.33. The molecule has 3 rings (SSSR count). The average Bonchev–Trinajstić information content (AvgIpc) is 3.13. The number of urea groups is 1. The number of rotatable bonds is 4. The van der Waals surface area contributed by atoms with Gasteiger partial charge in [0, 0.05) is 16.0 Å². The first-order valence-electron chi connectivity index (χ1n) is 7.87. The van der Waals surface area contributed by atoms with Gasteiger partial charge < -0.3 is 10.6 Å². The second kappa shape index (κ2) is 8.08. The second-order valence-electron chi connectivity index (χ2n) is 5.59. The van der Waals surface area contributed by atoms with Crippen molar-refractivity contribution in [2.75, 3.05) is 5.32 Å². The first-order valence-corrected chi connectivity index (χ1v) is 8.95. The van der Waals surface area contributed by atoms with E-state index in [4.69, 9.17) is 0 Å². The highest BCUT2D eigenvalue weighted by Crippen LogP contribution is 2.32. The first-order chi connectivity index (χ1) is 13.3. The second-order valence-corrected chi connectivity index (χ2v) is 6.75. The molecule has 3 aromatic rings. The number of anilines is 1. The van der Waals surface area contributed by atoms with Crippen LogP contribution in [0.5, 0.6) is 0 Å². The van der Waals surface area contributed by atoms with Crippen LogP contribution < -0.4 is 10.6 Å². The van der Waals surface area contributed by atoms with Gasteiger partial charge in [0.25, 0.3) is 5.95 Å². The van der Waals surface area contributed by atoms with Crippen LogP contribution in [0.3, 0.4) is 0 Å². The summed E-state index contributed by atoms with van der Waals surface area (Å²) in [7, 11) is 0. The number of halogens is 4. The molecule has 0 unspecified atom stereocenters. The van der Waals surface area contributed by atoms with E-state index in [0.29, 0.717) is 11.8 Å². The Hall–Kier alpha value is -2.77. The third-order valence-electron chi connectivity index (χ3n) is 3.60. The van der Waals surface area contributed by atoms with E-state index >= 15 is 0 Å². The number of carbonyl (C=O) groups excluding carboxylic acids is 1. The highest BCUT2D eigenvalue weighted by molar-refractivity contribution is 14.1. The van der Waals surface area contributed by atoms with Crippen LogP contribution >= 0.6 is 22.6 Å². The third kappa shape index (κ3) is 4.55. The lowest BCUT2D eigenvalue weighted by atomic mass is 10.2. The minimum Gasteiger partial charge on any atom is -0.328 e. The molecule has 0 aliphatic rings. The fourth-order valence-electron chi connectivity index (χ4n) is 2.31. The molecular weight excluding hydrogens is 490 g/mol. The Balaban J connectivity index is 1.70. The van der Waals surface area contributed by atoms with Crippen molar-refractivity contribution < 1.29 is 18.0 Å². The highest BCUT2D eigenvalue weighted by atomic mass is 127. The number of amides is 2. The van der Waals surface area contributed by atoms with Gasteiger partial charge in [-0.25, -0.2) is 19.7 Å². The summed E-state index contributed by atoms with van der Waals surface area (Å²) in [5, 5.41) is 9.23. The van der Waals surface area contributed by atoms with Crippen LogP contribution in [0.15, 0.2) is 43.0 Å². The van der Waals surface area contributed by atoms with Crippen LogP contribution in [-0.2, 0) is 6.18 Å². The summed E-state index contributed by atoms with van der Waals surface area (Å²) in [4.78, 5) is 24.5. The van der Waals surface area contributed by atoms with Gasteiger partial charge in [-0.05, 0) is 53.8 Å². The Kier molecular flexibility index (Phi) is 5.76. The molecule has 1 aromatic carbocycles. The average molecular weight is 503 g/mol. The minimum atomic E-state index is -4.45. The third-order valence-corrected chi connectivity index (χ3v) is 4.49. The van der Waals surface area contributed by atoms with Gasteiger partial charge in [-0.2, -0.15) is 23.0 Å². The molecule has 12 heteroatoms. The maximum atomic E-state index is 12.7. The molecule has 0 aliphatic heterocycles. The number of alkyl halides is 3. The van der Waals surface area contributed by atoms with Crippen molar-refractivity contribution in [3.05, 3.63) is 57.9 Å². The molecule has 2 amide bonds. The zero-order valence-corrected chi connectivity index (χ0v) is 16.4. The number of nitrogens with one attached hydrogen (secondary N) is 2. The van der Waals surface area contributed by atoms with Crippen molar-refractivity contribution in [2.24, 2.45) is 0 Å². The molecule has 0 saturated carbocycles. The summed E-state index contributed by atoms with van der Waals surface area (Å²) in [6.45, 7) is 1.68. The van der Waals surface area contributed by atoms with Crippen molar-refractivity contribution in [1.82, 2.24) is 30.0 Å². The molecule has 8 nitrogen and oxygen atoms in total. The molecule has 2 N–H and O–H groups in total. The molecule has 0 spiro atoms. The Bertz CT molecular complexity index is 978. The van der Waals surface area contributed by atoms with Crippen molar-refractivity contribution >= 4 is 34.3 Å². The zero-order valence-electron chi connectivity index (χ0n) is 14.3. The lowest BCUT2D eigenvalue weighted by Gasteiger charge is -2.16. The number of aromatic nitrogens is 5. The molecule has 146 valence electrons. The number of hydrogen-bond donors (Lipinski definition) is 2. The van der Waals surface area contributed by atoms with Gasteiger partial charge in [0.2, 0.25) is 0 Å². The van der Waals surface area contributed by atoms with Gasteiger partial charge in [-0.1, -0.05) is 0 Å². The normalized spacial score (nSPS) is 12.5. The fourth-order valence-corrected chi connectivity index (χ4v) is 2.96. The van der Waals surface area contributed by atoms with Crippen LogP contribution in [0.25, 0.3) is 5.95 Å². The Morgan fingerprint density at radius 3 is 2.57 bits per heavy atom. The number of benzene rings is 1. The van der Waals surface area contributed by atoms with Crippen molar-refractivity contribution in [3.63, 3.8) is 0 Å².